The molecule has 3 rings (SSSR count). The Balaban J connectivity index is 1.95. The number of hydrogen-bond donors (Lipinski definition) is 0. The Morgan fingerprint density at radius 3 is 2.24 bits per heavy atom. The first-order valence-corrected chi connectivity index (χ1v) is 8.44. The average molecular weight is 405 g/mol. The Morgan fingerprint density at radius 2 is 1.48 bits per heavy atom. The molecule has 0 N–H and O–H groups in total. The van der Waals surface area contributed by atoms with E-state index in [1.807, 2.05) is 54.6 Å². The first kappa shape index (κ1) is 17.4. The van der Waals surface area contributed by atoms with Gasteiger partial charge in [-0.05, 0) is 33.6 Å². The van der Waals surface area contributed by atoms with E-state index in [1.165, 1.54) is 0 Å². The highest BCUT2D eigenvalue weighted by molar-refractivity contribution is 9.10. The normalized spacial score (nSPS) is 10.7. The molecule has 2 nitrogen and oxygen atoms in total. The number of para-hydroxylation sites is 2. The fourth-order valence-electron chi connectivity index (χ4n) is 2.48. The lowest BCUT2D eigenvalue weighted by Gasteiger charge is -2.16. The Labute approximate surface area is 153 Å². The van der Waals surface area contributed by atoms with E-state index in [0.717, 1.165) is 5.56 Å². The molecule has 0 fully saturated rings. The van der Waals surface area contributed by atoms with Gasteiger partial charge in [-0.3, -0.25) is 0 Å². The lowest BCUT2D eigenvalue weighted by molar-refractivity contribution is -0.0499. The third-order valence-corrected chi connectivity index (χ3v) is 4.21. The average Bonchev–Trinajstić information content (AvgIpc) is 2.62. The monoisotopic (exact) mass is 404 g/mol. The van der Waals surface area contributed by atoms with Gasteiger partial charge in [0.15, 0.2) is 0 Å². The van der Waals surface area contributed by atoms with E-state index in [1.54, 1.807) is 18.2 Å². The van der Waals surface area contributed by atoms with Crippen molar-refractivity contribution in [2.24, 2.45) is 0 Å². The molecule has 3 aromatic rings. The Kier molecular flexibility index (Phi) is 5.66. The third kappa shape index (κ3) is 4.37. The smallest absolute Gasteiger partial charge is 0.387 e. The molecule has 0 amide bonds. The van der Waals surface area contributed by atoms with E-state index < -0.39 is 6.61 Å². The minimum atomic E-state index is -2.91. The largest absolute Gasteiger partial charge is 0.488 e. The maximum atomic E-state index is 12.8. The highest BCUT2D eigenvalue weighted by atomic mass is 79.9. The van der Waals surface area contributed by atoms with E-state index in [2.05, 4.69) is 15.9 Å². The van der Waals surface area contributed by atoms with Gasteiger partial charge in [-0.25, -0.2) is 0 Å². The van der Waals surface area contributed by atoms with Crippen LogP contribution in [0.2, 0.25) is 0 Å². The van der Waals surface area contributed by atoms with Gasteiger partial charge < -0.3 is 9.47 Å². The number of benzene rings is 3. The molecule has 0 aliphatic heterocycles. The zero-order chi connectivity index (χ0) is 17.6. The maximum absolute atomic E-state index is 12.8. The molecule has 128 valence electrons. The lowest BCUT2D eigenvalue weighted by atomic mass is 10.0. The van der Waals surface area contributed by atoms with Crippen molar-refractivity contribution < 1.29 is 18.3 Å². The molecule has 0 saturated carbocycles. The first-order valence-electron chi connectivity index (χ1n) is 7.64. The van der Waals surface area contributed by atoms with Crippen LogP contribution >= 0.6 is 15.9 Å². The molecular weight excluding hydrogens is 390 g/mol. The molecule has 0 spiro atoms. The SMILES string of the molecule is FC(F)Oc1c(Br)cccc1-c1ccccc1OCc1ccccc1. The van der Waals surface area contributed by atoms with Crippen molar-refractivity contribution in [3.8, 4) is 22.6 Å². The zero-order valence-corrected chi connectivity index (χ0v) is 14.7. The standard InChI is InChI=1S/C20H15BrF2O2/c21-17-11-6-10-16(19(17)25-20(22)23)15-9-4-5-12-18(15)24-13-14-7-2-1-3-8-14/h1-12,20H,13H2. The van der Waals surface area contributed by atoms with E-state index in [0.29, 0.717) is 28.0 Å². The second-order valence-electron chi connectivity index (χ2n) is 5.27. The zero-order valence-electron chi connectivity index (χ0n) is 13.2. The van der Waals surface area contributed by atoms with Gasteiger partial charge in [0, 0.05) is 11.1 Å². The van der Waals surface area contributed by atoms with Gasteiger partial charge in [0.05, 0.1) is 4.47 Å². The summed E-state index contributed by atoms with van der Waals surface area (Å²) < 4.78 is 36.7. The highest BCUT2D eigenvalue weighted by Gasteiger charge is 2.17. The molecule has 25 heavy (non-hydrogen) atoms. The van der Waals surface area contributed by atoms with Crippen LogP contribution in [-0.4, -0.2) is 6.61 Å². The summed E-state index contributed by atoms with van der Waals surface area (Å²) in [6.45, 7) is -2.52. The van der Waals surface area contributed by atoms with Gasteiger partial charge >= 0.3 is 6.61 Å². The number of ether oxygens (including phenoxy) is 2. The van der Waals surface area contributed by atoms with E-state index in [-0.39, 0.29) is 5.75 Å². The van der Waals surface area contributed by atoms with Crippen LogP contribution in [0.1, 0.15) is 5.56 Å². The summed E-state index contributed by atoms with van der Waals surface area (Å²) in [5.74, 6) is 0.692. The van der Waals surface area contributed by atoms with E-state index >= 15 is 0 Å². The van der Waals surface area contributed by atoms with Gasteiger partial charge in [0.1, 0.15) is 18.1 Å². The van der Waals surface area contributed by atoms with Crippen molar-refractivity contribution in [2.45, 2.75) is 13.2 Å². The van der Waals surface area contributed by atoms with Gasteiger partial charge in [-0.2, -0.15) is 8.78 Å². The van der Waals surface area contributed by atoms with Crippen LogP contribution in [0.3, 0.4) is 0 Å². The summed E-state index contributed by atoms with van der Waals surface area (Å²) in [6.07, 6.45) is 0. The number of halogens is 3. The fraction of sp³-hybridized carbons (Fsp3) is 0.100. The van der Waals surface area contributed by atoms with Crippen LogP contribution in [0.15, 0.2) is 77.3 Å². The van der Waals surface area contributed by atoms with Crippen molar-refractivity contribution in [3.05, 3.63) is 82.8 Å². The molecule has 3 aromatic carbocycles. The second-order valence-corrected chi connectivity index (χ2v) is 6.12. The quantitative estimate of drug-likeness (QED) is 0.480. The molecule has 0 saturated heterocycles. The van der Waals surface area contributed by atoms with E-state index in [4.69, 9.17) is 9.47 Å². The Hall–Kier alpha value is -2.40. The molecule has 5 heteroatoms. The van der Waals surface area contributed by atoms with Crippen LogP contribution in [0.4, 0.5) is 8.78 Å². The third-order valence-electron chi connectivity index (χ3n) is 3.59. The molecule has 0 radical (unpaired) electrons. The summed E-state index contributed by atoms with van der Waals surface area (Å²) in [5, 5.41) is 0. The maximum Gasteiger partial charge on any atom is 0.387 e. The minimum Gasteiger partial charge on any atom is -0.488 e. The van der Waals surface area contributed by atoms with Crippen molar-refractivity contribution in [3.63, 3.8) is 0 Å². The lowest BCUT2D eigenvalue weighted by Crippen LogP contribution is -2.04. The van der Waals surface area contributed by atoms with Crippen LogP contribution in [0.25, 0.3) is 11.1 Å². The van der Waals surface area contributed by atoms with Gasteiger partial charge in [-0.15, -0.1) is 0 Å². The molecule has 0 aromatic heterocycles. The Morgan fingerprint density at radius 1 is 0.800 bits per heavy atom. The van der Waals surface area contributed by atoms with Gasteiger partial charge in [0.2, 0.25) is 0 Å². The van der Waals surface area contributed by atoms with Crippen LogP contribution < -0.4 is 9.47 Å². The first-order chi connectivity index (χ1) is 12.1. The van der Waals surface area contributed by atoms with Crippen molar-refractivity contribution >= 4 is 15.9 Å². The summed E-state index contributed by atoms with van der Waals surface area (Å²) >= 11 is 3.27. The van der Waals surface area contributed by atoms with E-state index in [9.17, 15) is 8.78 Å². The predicted molar refractivity (Wildman–Crippen MR) is 97.0 cm³/mol. The summed E-state index contributed by atoms with van der Waals surface area (Å²) in [4.78, 5) is 0. The number of rotatable bonds is 6. The van der Waals surface area contributed by atoms with Crippen LogP contribution in [-0.2, 0) is 6.61 Å². The molecule has 0 bridgehead atoms. The molecule has 0 unspecified atom stereocenters. The highest BCUT2D eigenvalue weighted by Crippen LogP contribution is 2.41. The topological polar surface area (TPSA) is 18.5 Å². The summed E-state index contributed by atoms with van der Waals surface area (Å²) in [5.41, 5.74) is 2.25. The Bertz CT molecular complexity index is 838. The number of alkyl halides is 2. The molecule has 0 aliphatic carbocycles. The van der Waals surface area contributed by atoms with Gasteiger partial charge in [0.25, 0.3) is 0 Å². The predicted octanol–water partition coefficient (Wildman–Crippen LogP) is 6.30. The molecule has 0 aliphatic rings. The summed E-state index contributed by atoms with van der Waals surface area (Å²) in [7, 11) is 0. The van der Waals surface area contributed by atoms with Crippen LogP contribution in [0, 0.1) is 0 Å². The molecule has 0 heterocycles. The van der Waals surface area contributed by atoms with Crippen molar-refractivity contribution in [2.75, 3.05) is 0 Å². The molecule has 0 atom stereocenters. The minimum absolute atomic E-state index is 0.0910. The fourth-order valence-corrected chi connectivity index (χ4v) is 2.94. The second kappa shape index (κ2) is 8.12. The molecular formula is C20H15BrF2O2. The summed E-state index contributed by atoms with van der Waals surface area (Å²) in [6, 6.07) is 22.2. The van der Waals surface area contributed by atoms with Crippen LogP contribution in [0.5, 0.6) is 11.5 Å². The van der Waals surface area contributed by atoms with Gasteiger partial charge in [-0.1, -0.05) is 60.7 Å². The van der Waals surface area contributed by atoms with Crippen molar-refractivity contribution in [1.82, 2.24) is 0 Å². The van der Waals surface area contributed by atoms with Crippen molar-refractivity contribution in [1.29, 1.82) is 0 Å². The number of hydrogen-bond acceptors (Lipinski definition) is 2.